The van der Waals surface area contributed by atoms with Crippen molar-refractivity contribution in [2.75, 3.05) is 18.1 Å². The van der Waals surface area contributed by atoms with E-state index in [2.05, 4.69) is 46.0 Å². The van der Waals surface area contributed by atoms with E-state index in [0.717, 1.165) is 28.7 Å². The first-order valence-electron chi connectivity index (χ1n) is 6.47. The van der Waals surface area contributed by atoms with E-state index in [-0.39, 0.29) is 18.7 Å². The zero-order valence-electron chi connectivity index (χ0n) is 10.9. The molecule has 0 radical (unpaired) electrons. The Labute approximate surface area is 117 Å². The molecule has 2 unspecified atom stereocenters. The zero-order valence-corrected chi connectivity index (χ0v) is 12.5. The lowest BCUT2D eigenvalue weighted by atomic mass is 10.0. The van der Waals surface area contributed by atoms with Gasteiger partial charge in [0.05, 0.1) is 12.6 Å². The second kappa shape index (κ2) is 5.59. The number of rotatable bonds is 3. The molecule has 3 nitrogen and oxygen atoms in total. The van der Waals surface area contributed by atoms with E-state index in [0.29, 0.717) is 5.92 Å². The number of halogens is 1. The van der Waals surface area contributed by atoms with Gasteiger partial charge in [-0.1, -0.05) is 28.9 Å². The second-order valence-electron chi connectivity index (χ2n) is 5.20. The summed E-state index contributed by atoms with van der Waals surface area (Å²) in [7, 11) is 0. The third-order valence-corrected chi connectivity index (χ3v) is 4.56. The molecule has 1 aromatic carbocycles. The predicted molar refractivity (Wildman–Crippen MR) is 78.7 cm³/mol. The van der Waals surface area contributed by atoms with Crippen molar-refractivity contribution in [3.05, 3.63) is 28.2 Å². The molecule has 1 aliphatic rings. The van der Waals surface area contributed by atoms with E-state index >= 15 is 0 Å². The predicted octanol–water partition coefficient (Wildman–Crippen LogP) is 2.68. The molecule has 3 N–H and O–H groups in total. The maximum absolute atomic E-state index is 9.51. The third kappa shape index (κ3) is 2.56. The van der Waals surface area contributed by atoms with Crippen LogP contribution in [-0.4, -0.2) is 24.3 Å². The van der Waals surface area contributed by atoms with E-state index in [1.54, 1.807) is 0 Å². The Kier molecular flexibility index (Phi) is 4.30. The van der Waals surface area contributed by atoms with Crippen LogP contribution in [0.5, 0.6) is 0 Å². The number of aliphatic hydroxyl groups is 1. The lowest BCUT2D eigenvalue weighted by Crippen LogP contribution is -2.35. The fraction of sp³-hybridized carbons (Fsp3) is 0.571. The molecule has 1 heterocycles. The Morgan fingerprint density at radius 1 is 1.56 bits per heavy atom. The highest BCUT2D eigenvalue weighted by Gasteiger charge is 2.30. The largest absolute Gasteiger partial charge is 0.394 e. The number of nitrogens with two attached hydrogens (primary N) is 1. The van der Waals surface area contributed by atoms with Gasteiger partial charge in [-0.15, -0.1) is 0 Å². The fourth-order valence-corrected chi connectivity index (χ4v) is 3.40. The molecule has 1 aliphatic heterocycles. The fourth-order valence-electron chi connectivity index (χ4n) is 2.67. The smallest absolute Gasteiger partial charge is 0.0637 e. The van der Waals surface area contributed by atoms with E-state index in [1.807, 2.05) is 6.92 Å². The number of hydrogen-bond acceptors (Lipinski definition) is 3. The molecule has 1 saturated heterocycles. The highest BCUT2D eigenvalue weighted by molar-refractivity contribution is 9.10. The highest BCUT2D eigenvalue weighted by Crippen LogP contribution is 2.33. The number of benzene rings is 1. The molecule has 0 bridgehead atoms. The molecular formula is C14H21BrN2O. The number of anilines is 1. The van der Waals surface area contributed by atoms with Crippen LogP contribution >= 0.6 is 15.9 Å². The Morgan fingerprint density at radius 2 is 2.28 bits per heavy atom. The minimum Gasteiger partial charge on any atom is -0.394 e. The SMILES string of the molecule is CC1CCN(c2ccc([C@H](C)N)c(Br)c2)C1CO. The minimum atomic E-state index is 0.0274. The maximum Gasteiger partial charge on any atom is 0.0637 e. The lowest BCUT2D eigenvalue weighted by Gasteiger charge is -2.28. The molecule has 0 saturated carbocycles. The quantitative estimate of drug-likeness (QED) is 0.902. The maximum atomic E-state index is 9.51. The molecular weight excluding hydrogens is 292 g/mol. The van der Waals surface area contributed by atoms with Crippen LogP contribution in [0.15, 0.2) is 22.7 Å². The number of aliphatic hydroxyl groups excluding tert-OH is 1. The average Bonchev–Trinajstić information content (AvgIpc) is 2.69. The van der Waals surface area contributed by atoms with Gasteiger partial charge in [-0.05, 0) is 37.0 Å². The summed E-state index contributed by atoms with van der Waals surface area (Å²) < 4.78 is 1.05. The lowest BCUT2D eigenvalue weighted by molar-refractivity contribution is 0.245. The van der Waals surface area contributed by atoms with Crippen LogP contribution in [0.3, 0.4) is 0 Å². The topological polar surface area (TPSA) is 49.5 Å². The van der Waals surface area contributed by atoms with Crippen molar-refractivity contribution in [2.24, 2.45) is 11.7 Å². The minimum absolute atomic E-state index is 0.0274. The Bertz CT molecular complexity index is 422. The van der Waals surface area contributed by atoms with Crippen molar-refractivity contribution < 1.29 is 5.11 Å². The standard InChI is InChI=1S/C14H21BrN2O/c1-9-5-6-17(14(9)8-18)11-3-4-12(10(2)16)13(15)7-11/h3-4,7,9-10,14,18H,5-6,8,16H2,1-2H3/t9?,10-,14?/m0/s1. The third-order valence-electron chi connectivity index (χ3n) is 3.88. The summed E-state index contributed by atoms with van der Waals surface area (Å²) in [5.74, 6) is 0.543. The van der Waals surface area contributed by atoms with Crippen LogP contribution in [0.1, 0.15) is 31.9 Å². The number of hydrogen-bond donors (Lipinski definition) is 2. The van der Waals surface area contributed by atoms with Crippen molar-refractivity contribution in [3.8, 4) is 0 Å². The van der Waals surface area contributed by atoms with Crippen molar-refractivity contribution in [1.82, 2.24) is 0 Å². The molecule has 100 valence electrons. The van der Waals surface area contributed by atoms with Crippen LogP contribution in [0.25, 0.3) is 0 Å². The van der Waals surface area contributed by atoms with Gasteiger partial charge in [-0.3, -0.25) is 0 Å². The molecule has 0 aliphatic carbocycles. The molecule has 18 heavy (non-hydrogen) atoms. The molecule has 0 aromatic heterocycles. The van der Waals surface area contributed by atoms with Crippen LogP contribution < -0.4 is 10.6 Å². The van der Waals surface area contributed by atoms with Crippen LogP contribution in [0, 0.1) is 5.92 Å². The van der Waals surface area contributed by atoms with Gasteiger partial charge in [0.15, 0.2) is 0 Å². The van der Waals surface area contributed by atoms with Crippen molar-refractivity contribution in [1.29, 1.82) is 0 Å². The van der Waals surface area contributed by atoms with Crippen LogP contribution in [0.2, 0.25) is 0 Å². The van der Waals surface area contributed by atoms with Crippen molar-refractivity contribution in [3.63, 3.8) is 0 Å². The summed E-state index contributed by atoms with van der Waals surface area (Å²) >= 11 is 3.58. The van der Waals surface area contributed by atoms with Crippen LogP contribution in [0.4, 0.5) is 5.69 Å². The van der Waals surface area contributed by atoms with Gasteiger partial charge in [0.1, 0.15) is 0 Å². The number of nitrogens with zero attached hydrogens (tertiary/aromatic N) is 1. The summed E-state index contributed by atoms with van der Waals surface area (Å²) in [6.07, 6.45) is 1.14. The molecule has 2 rings (SSSR count). The summed E-state index contributed by atoms with van der Waals surface area (Å²) in [4.78, 5) is 2.29. The first-order chi connectivity index (χ1) is 8.54. The van der Waals surface area contributed by atoms with E-state index in [1.165, 1.54) is 0 Å². The molecule has 0 spiro atoms. The van der Waals surface area contributed by atoms with Gasteiger partial charge in [0.25, 0.3) is 0 Å². The van der Waals surface area contributed by atoms with Crippen molar-refractivity contribution in [2.45, 2.75) is 32.4 Å². The molecule has 1 aromatic rings. The van der Waals surface area contributed by atoms with Gasteiger partial charge in [-0.25, -0.2) is 0 Å². The molecule has 0 amide bonds. The summed E-state index contributed by atoms with van der Waals surface area (Å²) in [6.45, 7) is 5.41. The first kappa shape index (κ1) is 13.8. The molecule has 3 atom stereocenters. The molecule has 1 fully saturated rings. The highest BCUT2D eigenvalue weighted by atomic mass is 79.9. The first-order valence-corrected chi connectivity index (χ1v) is 7.26. The zero-order chi connectivity index (χ0) is 13.3. The van der Waals surface area contributed by atoms with Gasteiger partial charge >= 0.3 is 0 Å². The normalized spacial score (nSPS) is 25.5. The average molecular weight is 313 g/mol. The Morgan fingerprint density at radius 3 is 2.83 bits per heavy atom. The Balaban J connectivity index is 2.27. The van der Waals surface area contributed by atoms with Gasteiger partial charge < -0.3 is 15.7 Å². The van der Waals surface area contributed by atoms with Gasteiger partial charge in [0.2, 0.25) is 0 Å². The summed E-state index contributed by atoms with van der Waals surface area (Å²) in [6, 6.07) is 6.54. The van der Waals surface area contributed by atoms with E-state index < -0.39 is 0 Å². The second-order valence-corrected chi connectivity index (χ2v) is 6.06. The van der Waals surface area contributed by atoms with E-state index in [4.69, 9.17) is 5.73 Å². The van der Waals surface area contributed by atoms with Crippen LogP contribution in [-0.2, 0) is 0 Å². The van der Waals surface area contributed by atoms with Crippen molar-refractivity contribution >= 4 is 21.6 Å². The Hall–Kier alpha value is -0.580. The van der Waals surface area contributed by atoms with Gasteiger partial charge in [-0.2, -0.15) is 0 Å². The van der Waals surface area contributed by atoms with Gasteiger partial charge in [0, 0.05) is 22.7 Å². The van der Waals surface area contributed by atoms with E-state index in [9.17, 15) is 5.11 Å². The summed E-state index contributed by atoms with van der Waals surface area (Å²) in [5.41, 5.74) is 8.19. The monoisotopic (exact) mass is 312 g/mol. The molecule has 4 heteroatoms. The summed E-state index contributed by atoms with van der Waals surface area (Å²) in [5, 5.41) is 9.51.